The van der Waals surface area contributed by atoms with Crippen molar-refractivity contribution in [3.8, 4) is 5.75 Å². The van der Waals surface area contributed by atoms with E-state index < -0.39 is 59.8 Å². The van der Waals surface area contributed by atoms with Crippen molar-refractivity contribution in [3.05, 3.63) is 46.5 Å². The molecule has 0 saturated carbocycles. The number of epoxide rings is 1. The summed E-state index contributed by atoms with van der Waals surface area (Å²) in [4.78, 5) is 55.6. The van der Waals surface area contributed by atoms with Gasteiger partial charge in [-0.3, -0.25) is 14.9 Å². The predicted octanol–water partition coefficient (Wildman–Crippen LogP) is 4.02. The summed E-state index contributed by atoms with van der Waals surface area (Å²) in [6.45, 7) is 5.20. The maximum Gasteiger partial charge on any atom is 0.409 e. The van der Waals surface area contributed by atoms with Gasteiger partial charge in [0.2, 0.25) is 11.8 Å². The number of amides is 3. The smallest absolute Gasteiger partial charge is 0.409 e. The van der Waals surface area contributed by atoms with Gasteiger partial charge in [-0.25, -0.2) is 9.59 Å². The third-order valence-corrected chi connectivity index (χ3v) is 10.6. The third-order valence-electron chi connectivity index (χ3n) is 9.59. The van der Waals surface area contributed by atoms with E-state index in [0.717, 1.165) is 11.1 Å². The number of rotatable bonds is 8. The lowest BCUT2D eigenvalue weighted by atomic mass is 9.90. The van der Waals surface area contributed by atoms with Crippen LogP contribution in [0.15, 0.2) is 35.9 Å². The minimum Gasteiger partial charge on any atom is -0.495 e. The van der Waals surface area contributed by atoms with E-state index in [4.69, 9.17) is 35.3 Å². The molecule has 4 bridgehead atoms. The van der Waals surface area contributed by atoms with Crippen molar-refractivity contribution < 1.29 is 48.0 Å². The van der Waals surface area contributed by atoms with Crippen molar-refractivity contribution in [2.24, 2.45) is 0 Å². The van der Waals surface area contributed by atoms with Crippen LogP contribution in [0.4, 0.5) is 10.5 Å². The van der Waals surface area contributed by atoms with E-state index in [1.807, 2.05) is 19.3 Å². The predicted molar refractivity (Wildman–Crippen MR) is 189 cm³/mol. The van der Waals surface area contributed by atoms with Crippen LogP contribution in [0.5, 0.6) is 5.75 Å². The molecule has 7 atom stereocenters. The maximum atomic E-state index is 14.0. The first-order valence-electron chi connectivity index (χ1n) is 16.4. The van der Waals surface area contributed by atoms with Crippen LogP contribution in [0.2, 0.25) is 5.02 Å². The van der Waals surface area contributed by atoms with Gasteiger partial charge in [0.1, 0.15) is 40.7 Å². The second kappa shape index (κ2) is 16.4. The number of esters is 1. The average molecular weight is 738 g/mol. The van der Waals surface area contributed by atoms with Crippen molar-refractivity contribution in [3.63, 3.8) is 0 Å². The Morgan fingerprint density at radius 1 is 1.28 bits per heavy atom. The monoisotopic (exact) mass is 737 g/mol. The van der Waals surface area contributed by atoms with Crippen molar-refractivity contribution >= 4 is 52.9 Å². The van der Waals surface area contributed by atoms with Crippen molar-refractivity contribution in [1.82, 2.24) is 10.2 Å². The molecule has 50 heavy (non-hydrogen) atoms. The molecule has 13 nitrogen and oxygen atoms in total. The number of hydrogen-bond acceptors (Lipinski definition) is 11. The van der Waals surface area contributed by atoms with E-state index in [1.54, 1.807) is 45.2 Å². The second-order valence-electron chi connectivity index (χ2n) is 13.2. The van der Waals surface area contributed by atoms with E-state index in [1.165, 1.54) is 42.8 Å². The third kappa shape index (κ3) is 8.94. The molecule has 0 spiro atoms. The highest BCUT2D eigenvalue weighted by Gasteiger charge is 2.61. The van der Waals surface area contributed by atoms with Gasteiger partial charge in [0.15, 0.2) is 5.72 Å². The molecule has 3 amide bonds. The molecule has 0 aliphatic carbocycles. The number of aliphatic hydroxyl groups is 1. The molecule has 2 saturated heterocycles. The minimum absolute atomic E-state index is 0.0313. The van der Waals surface area contributed by atoms with Crippen LogP contribution < -0.4 is 15.0 Å². The minimum atomic E-state index is -1.80. The number of carbonyl (C=O) groups excluding carboxylic acids is 4. The first-order valence-corrected chi connectivity index (χ1v) is 18.2. The van der Waals surface area contributed by atoms with E-state index in [-0.39, 0.29) is 36.6 Å². The van der Waals surface area contributed by atoms with Gasteiger partial charge >= 0.3 is 12.1 Å². The number of nitrogens with one attached hydrogen (secondary N) is 1. The molecule has 3 aliphatic rings. The van der Waals surface area contributed by atoms with Crippen molar-refractivity contribution in [1.29, 1.82) is 0 Å². The van der Waals surface area contributed by atoms with Crippen LogP contribution in [0.25, 0.3) is 0 Å². The number of benzene rings is 1. The standard InChI is InChI=1S/C35H48ClN3O10S/c1-20-10-9-11-26(46-7)35(44)19-23(47-33(43)37-35)17-28-34(3,49-28)27(48-32(42)21(2)38(4)29(40)12-13-50-8)18-30(41)39(5)24-15-22(14-20)16-25(45-6)31(24)36/h9-11,15-16,21,23,26-28,44H,12-14,17-19H2,1-8H3,(H,37,43)/b11-9+,20-10+/t21-,23+,26+,27-,28-,34-,35-/m0/s1. The first kappa shape index (κ1) is 39.5. The topological polar surface area (TPSA) is 156 Å². The highest BCUT2D eigenvalue weighted by atomic mass is 35.5. The Morgan fingerprint density at radius 2 is 2.00 bits per heavy atom. The molecule has 0 unspecified atom stereocenters. The van der Waals surface area contributed by atoms with Crippen LogP contribution in [-0.2, 0) is 39.8 Å². The quantitative estimate of drug-likeness (QED) is 0.294. The Bertz CT molecular complexity index is 1520. The summed E-state index contributed by atoms with van der Waals surface area (Å²) in [5.41, 5.74) is -0.825. The van der Waals surface area contributed by atoms with E-state index in [0.29, 0.717) is 23.6 Å². The van der Waals surface area contributed by atoms with Gasteiger partial charge in [-0.15, -0.1) is 0 Å². The van der Waals surface area contributed by atoms with Gasteiger partial charge in [0.05, 0.1) is 25.3 Å². The van der Waals surface area contributed by atoms with Crippen LogP contribution >= 0.6 is 23.4 Å². The number of hydrogen-bond donors (Lipinski definition) is 2. The van der Waals surface area contributed by atoms with Gasteiger partial charge < -0.3 is 38.6 Å². The summed E-state index contributed by atoms with van der Waals surface area (Å²) in [6, 6.07) is 2.64. The highest BCUT2D eigenvalue weighted by Crippen LogP contribution is 2.47. The van der Waals surface area contributed by atoms with Crippen molar-refractivity contribution in [2.75, 3.05) is 45.2 Å². The van der Waals surface area contributed by atoms with Gasteiger partial charge in [0, 0.05) is 46.2 Å². The number of carbonyl (C=O) groups is 4. The highest BCUT2D eigenvalue weighted by molar-refractivity contribution is 7.98. The lowest BCUT2D eigenvalue weighted by molar-refractivity contribution is -0.161. The van der Waals surface area contributed by atoms with Crippen LogP contribution in [-0.4, -0.2) is 116 Å². The second-order valence-corrected chi connectivity index (χ2v) is 14.5. The number of allylic oxidation sites excluding steroid dienone is 3. The number of ether oxygens (including phenoxy) is 5. The normalized spacial score (nSPS) is 30.8. The van der Waals surface area contributed by atoms with Gasteiger partial charge in [0.25, 0.3) is 0 Å². The van der Waals surface area contributed by atoms with Crippen LogP contribution in [0.3, 0.4) is 0 Å². The molecule has 1 aromatic rings. The van der Waals surface area contributed by atoms with Gasteiger partial charge in [-0.05, 0) is 51.1 Å². The average Bonchev–Trinajstić information content (AvgIpc) is 3.72. The lowest BCUT2D eigenvalue weighted by Gasteiger charge is -2.40. The molecule has 4 rings (SSSR count). The summed E-state index contributed by atoms with van der Waals surface area (Å²) < 4.78 is 28.8. The van der Waals surface area contributed by atoms with E-state index >= 15 is 0 Å². The maximum absolute atomic E-state index is 14.0. The van der Waals surface area contributed by atoms with E-state index in [9.17, 15) is 24.3 Å². The zero-order chi connectivity index (χ0) is 37.0. The number of thioether (sulfide) groups is 1. The molecular formula is C35H48ClN3O10S. The number of fused-ring (bicyclic) bond motifs is 5. The number of anilines is 1. The number of nitrogens with zero attached hydrogens (tertiary/aromatic N) is 2. The molecule has 276 valence electrons. The van der Waals surface area contributed by atoms with E-state index in [2.05, 4.69) is 5.32 Å². The summed E-state index contributed by atoms with van der Waals surface area (Å²) in [7, 11) is 6.03. The largest absolute Gasteiger partial charge is 0.495 e. The zero-order valence-electron chi connectivity index (χ0n) is 29.8. The van der Waals surface area contributed by atoms with Crippen LogP contribution in [0, 0.1) is 0 Å². The number of methoxy groups -OCH3 is 2. The molecule has 3 heterocycles. The Hall–Kier alpha value is -3.30. The molecular weight excluding hydrogens is 690 g/mol. The molecule has 2 N–H and O–H groups in total. The van der Waals surface area contributed by atoms with Gasteiger partial charge in [-0.2, -0.15) is 11.8 Å². The van der Waals surface area contributed by atoms with Gasteiger partial charge in [-0.1, -0.05) is 35.4 Å². The SMILES string of the molecule is COc1cc2cc(c1Cl)N(C)C(=O)C[C@H](OC(=O)[C@H](C)N(C)C(=O)CCSC)[C@]1(C)O[C@H]1C[C@@H]1C[C@@](O)(NC(=O)O1)[C@H](OC)/C=C/C=C(\C)C2. The number of likely N-dealkylation sites (N-methyl/N-ethyl adjacent to an activating group) is 1. The Labute approximate surface area is 302 Å². The first-order chi connectivity index (χ1) is 23.6. The molecule has 2 fully saturated rings. The lowest BCUT2D eigenvalue weighted by Crippen LogP contribution is -2.62. The number of alkyl carbamates (subject to hydrolysis) is 1. The molecule has 1 aromatic carbocycles. The summed E-state index contributed by atoms with van der Waals surface area (Å²) >= 11 is 8.25. The zero-order valence-corrected chi connectivity index (χ0v) is 31.4. The van der Waals surface area contributed by atoms with Crippen molar-refractivity contribution in [2.45, 2.75) is 94.7 Å². The van der Waals surface area contributed by atoms with Crippen LogP contribution in [0.1, 0.15) is 52.0 Å². The Balaban J connectivity index is 1.73. The number of halogens is 1. The molecule has 0 aromatic heterocycles. The molecule has 15 heteroatoms. The fraction of sp³-hybridized carbons (Fsp3) is 0.600. The molecule has 3 aliphatic heterocycles. The Kier molecular flexibility index (Phi) is 12.9. The Morgan fingerprint density at radius 3 is 2.66 bits per heavy atom. The summed E-state index contributed by atoms with van der Waals surface area (Å²) in [5, 5.41) is 14.3. The molecule has 0 radical (unpaired) electrons. The summed E-state index contributed by atoms with van der Waals surface area (Å²) in [5.74, 6) is -0.369. The summed E-state index contributed by atoms with van der Waals surface area (Å²) in [6.07, 6.45) is 3.41. The fourth-order valence-corrected chi connectivity index (χ4v) is 6.92. The fourth-order valence-electron chi connectivity index (χ4n) is 6.23.